The van der Waals surface area contributed by atoms with Gasteiger partial charge in [-0.25, -0.2) is 0 Å². The second-order valence-corrected chi connectivity index (χ2v) is 4.25. The van der Waals surface area contributed by atoms with Crippen molar-refractivity contribution in [1.29, 1.82) is 0 Å². The van der Waals surface area contributed by atoms with Crippen LogP contribution in [0.15, 0.2) is 28.7 Å². The quantitative estimate of drug-likeness (QED) is 0.598. The normalized spacial score (nSPS) is 12.9. The molecule has 1 atom stereocenters. The molecular formula is C13H13BrO3. The van der Waals surface area contributed by atoms with Crippen LogP contribution in [0.3, 0.4) is 0 Å². The zero-order chi connectivity index (χ0) is 12.7. The Morgan fingerprint density at radius 3 is 2.59 bits per heavy atom. The molecule has 0 aliphatic heterocycles. The highest BCUT2D eigenvalue weighted by Crippen LogP contribution is 2.20. The van der Waals surface area contributed by atoms with Crippen LogP contribution in [0.2, 0.25) is 0 Å². The van der Waals surface area contributed by atoms with Gasteiger partial charge in [-0.2, -0.15) is 0 Å². The van der Waals surface area contributed by atoms with E-state index in [0.717, 1.165) is 10.0 Å². The molecule has 0 aliphatic rings. The molecule has 0 aromatic heterocycles. The van der Waals surface area contributed by atoms with E-state index < -0.39 is 6.10 Å². The summed E-state index contributed by atoms with van der Waals surface area (Å²) >= 11 is 3.35. The van der Waals surface area contributed by atoms with E-state index in [-0.39, 0.29) is 12.6 Å². The van der Waals surface area contributed by atoms with Gasteiger partial charge in [0.15, 0.2) is 5.78 Å². The molecule has 0 fully saturated rings. The Labute approximate surface area is 110 Å². The fraction of sp³-hybridized carbons (Fsp3) is 0.308. The van der Waals surface area contributed by atoms with Crippen LogP contribution in [0.25, 0.3) is 0 Å². The SMILES string of the molecule is COCOC([C]=[C]C(C)=O)c1ccc(Br)cc1. The molecule has 17 heavy (non-hydrogen) atoms. The molecule has 0 saturated carbocycles. The lowest BCUT2D eigenvalue weighted by molar-refractivity contribution is -0.113. The van der Waals surface area contributed by atoms with Gasteiger partial charge < -0.3 is 9.47 Å². The highest BCUT2D eigenvalue weighted by atomic mass is 79.9. The number of rotatable bonds is 6. The van der Waals surface area contributed by atoms with Crippen molar-refractivity contribution in [2.75, 3.05) is 13.9 Å². The molecule has 2 radical (unpaired) electrons. The van der Waals surface area contributed by atoms with Crippen LogP contribution in [0.5, 0.6) is 0 Å². The van der Waals surface area contributed by atoms with Gasteiger partial charge >= 0.3 is 0 Å². The standard InChI is InChI=1S/C13H13BrO3/c1-10(15)3-8-13(17-9-16-2)11-4-6-12(14)7-5-11/h4-7,13H,9H2,1-2H3. The summed E-state index contributed by atoms with van der Waals surface area (Å²) in [5, 5.41) is 0. The summed E-state index contributed by atoms with van der Waals surface area (Å²) in [7, 11) is 1.54. The van der Waals surface area contributed by atoms with Crippen molar-refractivity contribution in [3.63, 3.8) is 0 Å². The van der Waals surface area contributed by atoms with E-state index in [1.165, 1.54) is 14.0 Å². The molecule has 0 N–H and O–H groups in total. The monoisotopic (exact) mass is 296 g/mol. The van der Waals surface area contributed by atoms with Crippen molar-refractivity contribution in [2.45, 2.75) is 13.0 Å². The molecule has 3 nitrogen and oxygen atoms in total. The molecule has 1 rings (SSSR count). The Kier molecular flexibility index (Phi) is 6.11. The van der Waals surface area contributed by atoms with Crippen LogP contribution >= 0.6 is 15.9 Å². The minimum atomic E-state index is -0.452. The number of carbonyl (C=O) groups is 1. The Morgan fingerprint density at radius 2 is 2.06 bits per heavy atom. The number of methoxy groups -OCH3 is 1. The summed E-state index contributed by atoms with van der Waals surface area (Å²) in [4.78, 5) is 10.8. The molecule has 4 heteroatoms. The first kappa shape index (κ1) is 14.1. The minimum Gasteiger partial charge on any atom is -0.359 e. The van der Waals surface area contributed by atoms with Gasteiger partial charge in [0.1, 0.15) is 12.9 Å². The second-order valence-electron chi connectivity index (χ2n) is 3.33. The summed E-state index contributed by atoms with van der Waals surface area (Å²) in [6, 6.07) is 7.57. The molecule has 1 unspecified atom stereocenters. The predicted octanol–water partition coefficient (Wildman–Crippen LogP) is 2.86. The Bertz CT molecular complexity index is 384. The smallest absolute Gasteiger partial charge is 0.160 e. The average molecular weight is 297 g/mol. The third kappa shape index (κ3) is 5.26. The summed E-state index contributed by atoms with van der Waals surface area (Å²) in [6.45, 7) is 1.55. The van der Waals surface area contributed by atoms with Crippen LogP contribution in [0.1, 0.15) is 18.6 Å². The molecule has 1 aromatic carbocycles. The molecule has 0 amide bonds. The zero-order valence-corrected chi connectivity index (χ0v) is 11.3. The Morgan fingerprint density at radius 1 is 1.41 bits per heavy atom. The van der Waals surface area contributed by atoms with Crippen molar-refractivity contribution in [2.24, 2.45) is 0 Å². The number of allylic oxidation sites excluding steroid dienone is 1. The van der Waals surface area contributed by atoms with E-state index in [1.54, 1.807) is 0 Å². The molecule has 0 heterocycles. The number of benzene rings is 1. The minimum absolute atomic E-state index is 0.132. The highest BCUT2D eigenvalue weighted by Gasteiger charge is 2.09. The van der Waals surface area contributed by atoms with E-state index in [1.807, 2.05) is 24.3 Å². The maximum Gasteiger partial charge on any atom is 0.160 e. The van der Waals surface area contributed by atoms with Crippen LogP contribution in [-0.4, -0.2) is 19.7 Å². The van der Waals surface area contributed by atoms with Gasteiger partial charge in [-0.05, 0) is 24.6 Å². The fourth-order valence-electron chi connectivity index (χ4n) is 1.16. The van der Waals surface area contributed by atoms with E-state index >= 15 is 0 Å². The Balaban J connectivity index is 2.81. The van der Waals surface area contributed by atoms with E-state index in [0.29, 0.717) is 0 Å². The van der Waals surface area contributed by atoms with E-state index in [2.05, 4.69) is 28.1 Å². The topological polar surface area (TPSA) is 35.5 Å². The Hall–Kier alpha value is -0.970. The average Bonchev–Trinajstić information content (AvgIpc) is 2.30. The first-order valence-electron chi connectivity index (χ1n) is 5.01. The van der Waals surface area contributed by atoms with Crippen LogP contribution in [0, 0.1) is 12.2 Å². The van der Waals surface area contributed by atoms with Gasteiger partial charge in [0.25, 0.3) is 0 Å². The summed E-state index contributed by atoms with van der Waals surface area (Å²) in [5.74, 6) is -0.187. The molecule has 0 spiro atoms. The van der Waals surface area contributed by atoms with Gasteiger partial charge in [0, 0.05) is 23.7 Å². The molecule has 1 aromatic rings. The maximum absolute atomic E-state index is 10.8. The van der Waals surface area contributed by atoms with Gasteiger partial charge in [-0.1, -0.05) is 28.1 Å². The summed E-state index contributed by atoms with van der Waals surface area (Å²) in [6.07, 6.45) is 4.81. The lowest BCUT2D eigenvalue weighted by Gasteiger charge is -2.13. The molecule has 90 valence electrons. The molecular weight excluding hydrogens is 284 g/mol. The van der Waals surface area contributed by atoms with Gasteiger partial charge in [-0.3, -0.25) is 4.79 Å². The number of hydrogen-bond acceptors (Lipinski definition) is 3. The van der Waals surface area contributed by atoms with Crippen molar-refractivity contribution >= 4 is 21.7 Å². The van der Waals surface area contributed by atoms with Crippen molar-refractivity contribution in [1.82, 2.24) is 0 Å². The number of hydrogen-bond donors (Lipinski definition) is 0. The molecule has 0 bridgehead atoms. The van der Waals surface area contributed by atoms with Crippen LogP contribution < -0.4 is 0 Å². The largest absolute Gasteiger partial charge is 0.359 e. The van der Waals surface area contributed by atoms with Gasteiger partial charge in [0.05, 0.1) is 0 Å². The summed E-state index contributed by atoms with van der Waals surface area (Å²) in [5.41, 5.74) is 0.888. The number of ether oxygens (including phenoxy) is 2. The third-order valence-electron chi connectivity index (χ3n) is 1.90. The maximum atomic E-state index is 10.8. The van der Waals surface area contributed by atoms with Crippen molar-refractivity contribution in [3.8, 4) is 0 Å². The number of halogens is 1. The fourth-order valence-corrected chi connectivity index (χ4v) is 1.43. The van der Waals surface area contributed by atoms with E-state index in [4.69, 9.17) is 9.47 Å². The van der Waals surface area contributed by atoms with Gasteiger partial charge in [-0.15, -0.1) is 0 Å². The van der Waals surface area contributed by atoms with Crippen molar-refractivity contribution in [3.05, 3.63) is 46.5 Å². The molecule has 0 saturated heterocycles. The van der Waals surface area contributed by atoms with Gasteiger partial charge in [0.2, 0.25) is 0 Å². The number of ketones is 1. The number of carbonyl (C=O) groups excluding carboxylic acids is 1. The second kappa shape index (κ2) is 7.37. The van der Waals surface area contributed by atoms with Crippen LogP contribution in [0.4, 0.5) is 0 Å². The highest BCUT2D eigenvalue weighted by molar-refractivity contribution is 9.10. The first-order valence-corrected chi connectivity index (χ1v) is 5.81. The number of Topliss-reactive ketones (excluding diaryl/α,β-unsaturated/α-hetero) is 1. The van der Waals surface area contributed by atoms with Crippen LogP contribution in [-0.2, 0) is 14.3 Å². The van der Waals surface area contributed by atoms with Crippen molar-refractivity contribution < 1.29 is 14.3 Å². The lowest BCUT2D eigenvalue weighted by Crippen LogP contribution is -2.05. The predicted molar refractivity (Wildman–Crippen MR) is 67.0 cm³/mol. The summed E-state index contributed by atoms with van der Waals surface area (Å²) < 4.78 is 11.2. The third-order valence-corrected chi connectivity index (χ3v) is 2.43. The molecule has 0 aliphatic carbocycles. The van der Waals surface area contributed by atoms with E-state index in [9.17, 15) is 4.79 Å². The lowest BCUT2D eigenvalue weighted by atomic mass is 10.1. The first-order chi connectivity index (χ1) is 8.13. The zero-order valence-electron chi connectivity index (χ0n) is 9.70.